The number of pyridine rings is 1. The molecule has 0 saturated carbocycles. The highest BCUT2D eigenvalue weighted by molar-refractivity contribution is 9.10. The zero-order chi connectivity index (χ0) is 13.3. The zero-order valence-electron chi connectivity index (χ0n) is 8.52. The molecule has 1 N–H and O–H groups in total. The van der Waals surface area contributed by atoms with Gasteiger partial charge in [-0.1, -0.05) is 6.07 Å². The van der Waals surface area contributed by atoms with Crippen molar-refractivity contribution in [3.8, 4) is 5.82 Å². The number of halogens is 1. The summed E-state index contributed by atoms with van der Waals surface area (Å²) in [4.78, 5) is 27.8. The number of aromatic carboxylic acids is 1. The number of nitrogens with zero attached hydrogens (tertiary/aromatic N) is 5. The molecule has 0 amide bonds. The van der Waals surface area contributed by atoms with Crippen molar-refractivity contribution in [3.63, 3.8) is 0 Å². The van der Waals surface area contributed by atoms with E-state index in [1.807, 2.05) is 0 Å². The summed E-state index contributed by atoms with van der Waals surface area (Å²) < 4.78 is 1.09. The molecule has 0 aliphatic heterocycles. The summed E-state index contributed by atoms with van der Waals surface area (Å²) in [6.45, 7) is 0. The van der Waals surface area contributed by atoms with Crippen LogP contribution < -0.4 is 0 Å². The van der Waals surface area contributed by atoms with Gasteiger partial charge in [0.1, 0.15) is 0 Å². The van der Waals surface area contributed by atoms with Crippen molar-refractivity contribution in [1.29, 1.82) is 0 Å². The number of carboxylic acid groups (broad SMARTS) is 1. The zero-order valence-corrected chi connectivity index (χ0v) is 10.1. The fraction of sp³-hybridized carbons (Fsp3) is 0. The standard InChI is InChI=1S/C8H4BrN5O4/c9-7-11-8(14(17)18)12-13(7)5-3-1-2-4(10-5)6(15)16/h1-3H,(H,15,16). The minimum atomic E-state index is -1.21. The van der Waals surface area contributed by atoms with Crippen molar-refractivity contribution < 1.29 is 14.8 Å². The lowest BCUT2D eigenvalue weighted by Crippen LogP contribution is -2.06. The first kappa shape index (κ1) is 12.1. The molecule has 0 saturated heterocycles. The Morgan fingerprint density at radius 2 is 2.17 bits per heavy atom. The SMILES string of the molecule is O=C(O)c1cccc(-n2nc([N+](=O)[O-])nc2Br)n1. The Labute approximate surface area is 107 Å². The quantitative estimate of drug-likeness (QED) is 0.662. The highest BCUT2D eigenvalue weighted by atomic mass is 79.9. The molecule has 0 bridgehead atoms. The smallest absolute Gasteiger partial charge is 0.477 e. The molecule has 0 aliphatic rings. The fourth-order valence-electron chi connectivity index (χ4n) is 1.17. The molecule has 0 fully saturated rings. The first-order valence-corrected chi connectivity index (χ1v) is 5.26. The van der Waals surface area contributed by atoms with E-state index in [0.29, 0.717) is 0 Å². The monoisotopic (exact) mass is 313 g/mol. The molecule has 2 heterocycles. The van der Waals surface area contributed by atoms with Crippen LogP contribution in [0.1, 0.15) is 10.5 Å². The summed E-state index contributed by atoms with van der Waals surface area (Å²) in [5.41, 5.74) is -0.197. The van der Waals surface area contributed by atoms with Crippen LogP contribution in [0.5, 0.6) is 0 Å². The minimum Gasteiger partial charge on any atom is -0.477 e. The first-order chi connectivity index (χ1) is 8.49. The number of carboxylic acids is 1. The van der Waals surface area contributed by atoms with Crippen LogP contribution in [0.25, 0.3) is 5.82 Å². The molecule has 0 aliphatic carbocycles. The number of nitro groups is 1. The molecule has 0 atom stereocenters. The van der Waals surface area contributed by atoms with Crippen LogP contribution in [0.15, 0.2) is 22.9 Å². The maximum absolute atomic E-state index is 10.8. The van der Waals surface area contributed by atoms with Crippen LogP contribution in [0.2, 0.25) is 0 Å². The van der Waals surface area contributed by atoms with Gasteiger partial charge in [-0.05, 0) is 22.0 Å². The number of hydrogen-bond acceptors (Lipinski definition) is 6. The van der Waals surface area contributed by atoms with Crippen molar-refractivity contribution in [2.45, 2.75) is 0 Å². The topological polar surface area (TPSA) is 124 Å². The average Bonchev–Trinajstić information content (AvgIpc) is 2.72. The maximum atomic E-state index is 10.8. The molecule has 0 spiro atoms. The second-order valence-electron chi connectivity index (χ2n) is 3.04. The lowest BCUT2D eigenvalue weighted by atomic mass is 10.3. The van der Waals surface area contributed by atoms with E-state index < -0.39 is 16.8 Å². The Morgan fingerprint density at radius 3 is 2.72 bits per heavy atom. The summed E-state index contributed by atoms with van der Waals surface area (Å²) in [6, 6.07) is 4.20. The maximum Gasteiger partial charge on any atom is 0.492 e. The third-order valence-corrected chi connectivity index (χ3v) is 2.40. The Bertz CT molecular complexity index is 640. The van der Waals surface area contributed by atoms with Crippen LogP contribution in [0.3, 0.4) is 0 Å². The van der Waals surface area contributed by atoms with E-state index in [-0.39, 0.29) is 16.2 Å². The lowest BCUT2D eigenvalue weighted by Gasteiger charge is -1.98. The van der Waals surface area contributed by atoms with Gasteiger partial charge in [0.15, 0.2) is 11.5 Å². The molecule has 9 nitrogen and oxygen atoms in total. The Hall–Kier alpha value is -2.36. The molecule has 10 heteroatoms. The van der Waals surface area contributed by atoms with Gasteiger partial charge < -0.3 is 15.2 Å². The highest BCUT2D eigenvalue weighted by Crippen LogP contribution is 2.16. The van der Waals surface area contributed by atoms with Crippen molar-refractivity contribution in [1.82, 2.24) is 19.7 Å². The largest absolute Gasteiger partial charge is 0.492 e. The van der Waals surface area contributed by atoms with Crippen LogP contribution in [-0.4, -0.2) is 35.7 Å². The van der Waals surface area contributed by atoms with Crippen molar-refractivity contribution in [2.75, 3.05) is 0 Å². The third-order valence-electron chi connectivity index (χ3n) is 1.89. The highest BCUT2D eigenvalue weighted by Gasteiger charge is 2.21. The predicted octanol–water partition coefficient (Wildman–Crippen LogP) is 1.03. The van der Waals surface area contributed by atoms with Gasteiger partial charge in [-0.2, -0.15) is 0 Å². The lowest BCUT2D eigenvalue weighted by molar-refractivity contribution is -0.394. The molecular weight excluding hydrogens is 310 g/mol. The number of hydrogen-bond donors (Lipinski definition) is 1. The predicted molar refractivity (Wildman–Crippen MR) is 60.5 cm³/mol. The summed E-state index contributed by atoms with van der Waals surface area (Å²) in [5.74, 6) is -1.70. The van der Waals surface area contributed by atoms with Gasteiger partial charge in [-0.25, -0.2) is 9.78 Å². The Balaban J connectivity index is 2.51. The van der Waals surface area contributed by atoms with Crippen LogP contribution >= 0.6 is 15.9 Å². The van der Waals surface area contributed by atoms with Crippen molar-refractivity contribution in [2.24, 2.45) is 0 Å². The molecule has 92 valence electrons. The van der Waals surface area contributed by atoms with E-state index in [1.54, 1.807) is 0 Å². The van der Waals surface area contributed by atoms with E-state index in [9.17, 15) is 14.9 Å². The second kappa shape index (κ2) is 4.49. The molecule has 18 heavy (non-hydrogen) atoms. The third kappa shape index (κ3) is 2.18. The summed E-state index contributed by atoms with van der Waals surface area (Å²) in [5, 5.41) is 22.9. The first-order valence-electron chi connectivity index (χ1n) is 4.46. The van der Waals surface area contributed by atoms with Gasteiger partial charge in [-0.15, -0.1) is 4.68 Å². The molecule has 2 aromatic heterocycles. The summed E-state index contributed by atoms with van der Waals surface area (Å²) >= 11 is 2.98. The number of rotatable bonds is 3. The van der Waals surface area contributed by atoms with Gasteiger partial charge in [0.25, 0.3) is 4.73 Å². The molecule has 0 aromatic carbocycles. The number of aromatic nitrogens is 4. The minimum absolute atomic E-state index is 0.0595. The molecule has 0 unspecified atom stereocenters. The van der Waals surface area contributed by atoms with Gasteiger partial charge in [0.05, 0.1) is 0 Å². The van der Waals surface area contributed by atoms with Gasteiger partial charge >= 0.3 is 11.9 Å². The fourth-order valence-corrected chi connectivity index (χ4v) is 1.59. The Morgan fingerprint density at radius 1 is 1.44 bits per heavy atom. The van der Waals surface area contributed by atoms with Gasteiger partial charge in [-0.3, -0.25) is 0 Å². The average molecular weight is 314 g/mol. The van der Waals surface area contributed by atoms with Crippen molar-refractivity contribution >= 4 is 27.8 Å². The van der Waals surface area contributed by atoms with Crippen LogP contribution in [0.4, 0.5) is 5.95 Å². The van der Waals surface area contributed by atoms with E-state index in [2.05, 4.69) is 31.0 Å². The van der Waals surface area contributed by atoms with Crippen LogP contribution in [-0.2, 0) is 0 Å². The van der Waals surface area contributed by atoms with Gasteiger partial charge in [0.2, 0.25) is 0 Å². The van der Waals surface area contributed by atoms with E-state index in [4.69, 9.17) is 5.11 Å². The normalized spacial score (nSPS) is 10.3. The van der Waals surface area contributed by atoms with E-state index in [1.165, 1.54) is 18.2 Å². The summed E-state index contributed by atoms with van der Waals surface area (Å²) in [7, 11) is 0. The van der Waals surface area contributed by atoms with Gasteiger partial charge in [0, 0.05) is 21.0 Å². The Kier molecular flexibility index (Phi) is 3.02. The van der Waals surface area contributed by atoms with E-state index in [0.717, 1.165) is 4.68 Å². The van der Waals surface area contributed by atoms with Crippen LogP contribution in [0, 0.1) is 10.1 Å². The molecular formula is C8H4BrN5O4. The molecule has 2 aromatic rings. The van der Waals surface area contributed by atoms with E-state index >= 15 is 0 Å². The summed E-state index contributed by atoms with van der Waals surface area (Å²) in [6.07, 6.45) is 0. The van der Waals surface area contributed by atoms with Crippen molar-refractivity contribution in [3.05, 3.63) is 38.7 Å². The second-order valence-corrected chi connectivity index (χ2v) is 3.75. The molecule has 2 rings (SSSR count). The number of carbonyl (C=O) groups is 1. The molecule has 0 radical (unpaired) electrons.